The lowest BCUT2D eigenvalue weighted by atomic mass is 9.71. The van der Waals surface area contributed by atoms with Gasteiger partial charge in [-0.3, -0.25) is 9.78 Å². The molecule has 202 valence electrons. The Hall–Kier alpha value is -3.20. The van der Waals surface area contributed by atoms with Crippen molar-refractivity contribution >= 4 is 16.8 Å². The highest BCUT2D eigenvalue weighted by Crippen LogP contribution is 2.43. The first-order valence-electron chi connectivity index (χ1n) is 13.0. The van der Waals surface area contributed by atoms with Gasteiger partial charge in [0.05, 0.1) is 37.0 Å². The first-order valence-corrected chi connectivity index (χ1v) is 13.0. The molecule has 1 aliphatic carbocycles. The van der Waals surface area contributed by atoms with Crippen molar-refractivity contribution in [3.8, 4) is 5.88 Å². The molecule has 1 aliphatic heterocycles. The molecule has 0 unspecified atom stereocenters. The summed E-state index contributed by atoms with van der Waals surface area (Å²) < 4.78 is 50.7. The molecule has 38 heavy (non-hydrogen) atoms. The van der Waals surface area contributed by atoms with E-state index in [2.05, 4.69) is 22.2 Å². The summed E-state index contributed by atoms with van der Waals surface area (Å²) in [6.07, 6.45) is 3.02. The number of halogens is 3. The number of ether oxygens (including phenoxy) is 2. The van der Waals surface area contributed by atoms with Gasteiger partial charge in [-0.15, -0.1) is 0 Å². The first-order chi connectivity index (χ1) is 18.1. The van der Waals surface area contributed by atoms with Crippen LogP contribution in [0.2, 0.25) is 0 Å². The number of fused-ring (bicyclic) bond motifs is 1. The van der Waals surface area contributed by atoms with Gasteiger partial charge >= 0.3 is 6.18 Å². The quantitative estimate of drug-likeness (QED) is 0.399. The number of pyridine rings is 2. The van der Waals surface area contributed by atoms with Crippen molar-refractivity contribution < 1.29 is 27.4 Å². The fourth-order valence-corrected chi connectivity index (χ4v) is 5.85. The molecular weight excluding hydrogens is 495 g/mol. The second-order valence-electron chi connectivity index (χ2n) is 10.9. The maximum atomic E-state index is 13.4. The Morgan fingerprint density at radius 1 is 1.13 bits per heavy atom. The molecule has 3 aromatic rings. The van der Waals surface area contributed by atoms with Gasteiger partial charge in [0, 0.05) is 35.3 Å². The van der Waals surface area contributed by atoms with E-state index in [1.54, 1.807) is 18.3 Å². The van der Waals surface area contributed by atoms with Crippen LogP contribution in [0.1, 0.15) is 66.4 Å². The molecule has 2 aliphatic rings. The third kappa shape index (κ3) is 5.62. The van der Waals surface area contributed by atoms with Gasteiger partial charge in [0.1, 0.15) is 0 Å². The third-order valence-corrected chi connectivity index (χ3v) is 8.02. The van der Waals surface area contributed by atoms with Crippen molar-refractivity contribution in [3.05, 3.63) is 65.5 Å². The standard InChI is InChI=1S/C29H32F3N3O3/c1-28(16-38-17-28)14-25(35-27(36)20-7-10-26(37-2)34-15-20)19-5-3-18(4-6-19)22-11-12-33-24-9-8-21(13-23(22)24)29(30,31)32/h7-13,15,18-19,25H,3-6,14,16-17H2,1-2H3,(H,35,36)/t18?,19?,25-/m0/s1. The minimum Gasteiger partial charge on any atom is -0.481 e. The van der Waals surface area contributed by atoms with Gasteiger partial charge in [-0.2, -0.15) is 13.2 Å². The van der Waals surface area contributed by atoms with E-state index in [9.17, 15) is 18.0 Å². The van der Waals surface area contributed by atoms with Crippen LogP contribution in [0.4, 0.5) is 13.2 Å². The predicted molar refractivity (Wildman–Crippen MR) is 137 cm³/mol. The molecular formula is C29H32F3N3O3. The number of methoxy groups -OCH3 is 1. The lowest BCUT2D eigenvalue weighted by Gasteiger charge is -2.44. The minimum absolute atomic E-state index is 0.0161. The number of hydrogen-bond donors (Lipinski definition) is 1. The van der Waals surface area contributed by atoms with Crippen molar-refractivity contribution in [1.82, 2.24) is 15.3 Å². The zero-order chi connectivity index (χ0) is 26.9. The fourth-order valence-electron chi connectivity index (χ4n) is 5.85. The Morgan fingerprint density at radius 3 is 2.50 bits per heavy atom. The Kier molecular flexibility index (Phi) is 7.31. The number of nitrogens with one attached hydrogen (secondary N) is 1. The van der Waals surface area contributed by atoms with Gasteiger partial charge in [0.25, 0.3) is 5.91 Å². The zero-order valence-electron chi connectivity index (χ0n) is 21.6. The van der Waals surface area contributed by atoms with E-state index in [1.807, 2.05) is 6.07 Å². The number of aromatic nitrogens is 2. The molecule has 6 nitrogen and oxygen atoms in total. The van der Waals surface area contributed by atoms with E-state index in [0.717, 1.165) is 43.7 Å². The van der Waals surface area contributed by atoms with Crippen LogP contribution in [-0.2, 0) is 10.9 Å². The lowest BCUT2D eigenvalue weighted by molar-refractivity contribution is -0.137. The van der Waals surface area contributed by atoms with Crippen LogP contribution >= 0.6 is 0 Å². The van der Waals surface area contributed by atoms with Gasteiger partial charge in [-0.1, -0.05) is 6.92 Å². The number of hydrogen-bond acceptors (Lipinski definition) is 5. The molecule has 0 radical (unpaired) electrons. The van der Waals surface area contributed by atoms with Crippen molar-refractivity contribution in [2.24, 2.45) is 11.3 Å². The highest BCUT2D eigenvalue weighted by Gasteiger charge is 2.40. The molecule has 1 N–H and O–H groups in total. The molecule has 2 fully saturated rings. The Morgan fingerprint density at radius 2 is 1.89 bits per heavy atom. The lowest BCUT2D eigenvalue weighted by Crippen LogP contribution is -2.50. The minimum atomic E-state index is -4.40. The number of nitrogens with zero attached hydrogens (tertiary/aromatic N) is 2. The predicted octanol–water partition coefficient (Wildman–Crippen LogP) is 6.16. The van der Waals surface area contributed by atoms with Gasteiger partial charge in [0.2, 0.25) is 5.88 Å². The molecule has 0 spiro atoms. The highest BCUT2D eigenvalue weighted by molar-refractivity contribution is 5.94. The summed E-state index contributed by atoms with van der Waals surface area (Å²) in [5.41, 5.74) is 1.34. The van der Waals surface area contributed by atoms with Gasteiger partial charge in [-0.25, -0.2) is 4.98 Å². The van der Waals surface area contributed by atoms with E-state index in [4.69, 9.17) is 9.47 Å². The van der Waals surface area contributed by atoms with E-state index >= 15 is 0 Å². The molecule has 1 saturated heterocycles. The first kappa shape index (κ1) is 26.4. The maximum absolute atomic E-state index is 13.4. The highest BCUT2D eigenvalue weighted by atomic mass is 19.4. The smallest absolute Gasteiger partial charge is 0.416 e. The van der Waals surface area contributed by atoms with E-state index in [0.29, 0.717) is 35.6 Å². The second kappa shape index (κ2) is 10.5. The Bertz CT molecular complexity index is 1280. The Labute approximate surface area is 220 Å². The van der Waals surface area contributed by atoms with Crippen LogP contribution in [-0.4, -0.2) is 42.2 Å². The summed E-state index contributed by atoms with van der Waals surface area (Å²) in [6, 6.07) is 8.96. The second-order valence-corrected chi connectivity index (χ2v) is 10.9. The van der Waals surface area contributed by atoms with Crippen molar-refractivity contribution in [2.75, 3.05) is 20.3 Å². The molecule has 5 rings (SSSR count). The SMILES string of the molecule is COc1ccc(C(=O)N[C@@H](CC2(C)COC2)C2CCC(c3ccnc4ccc(C(F)(F)F)cc34)CC2)cn1. The summed E-state index contributed by atoms with van der Waals surface area (Å²) in [5, 5.41) is 3.83. The van der Waals surface area contributed by atoms with Crippen LogP contribution in [0.5, 0.6) is 5.88 Å². The van der Waals surface area contributed by atoms with E-state index < -0.39 is 11.7 Å². The average Bonchev–Trinajstić information content (AvgIpc) is 2.90. The maximum Gasteiger partial charge on any atom is 0.416 e. The number of benzene rings is 1. The van der Waals surface area contributed by atoms with Crippen LogP contribution in [0.3, 0.4) is 0 Å². The molecule has 1 atom stereocenters. The van der Waals surface area contributed by atoms with Gasteiger partial charge in [0.15, 0.2) is 0 Å². The number of carbonyl (C=O) groups is 1. The Balaban J connectivity index is 1.32. The summed E-state index contributed by atoms with van der Waals surface area (Å²) in [5.74, 6) is 0.681. The number of amides is 1. The topological polar surface area (TPSA) is 73.3 Å². The van der Waals surface area contributed by atoms with Crippen LogP contribution < -0.4 is 10.1 Å². The summed E-state index contributed by atoms with van der Waals surface area (Å²) in [7, 11) is 1.53. The van der Waals surface area contributed by atoms with Crippen LogP contribution in [0, 0.1) is 11.3 Å². The number of alkyl halides is 3. The molecule has 0 bridgehead atoms. The summed E-state index contributed by atoms with van der Waals surface area (Å²) in [4.78, 5) is 21.6. The van der Waals surface area contributed by atoms with Gasteiger partial charge < -0.3 is 14.8 Å². The number of rotatable bonds is 7. The zero-order valence-corrected chi connectivity index (χ0v) is 21.6. The van der Waals surface area contributed by atoms with Crippen molar-refractivity contribution in [2.45, 2.75) is 57.2 Å². The molecule has 1 amide bonds. The summed E-state index contributed by atoms with van der Waals surface area (Å²) >= 11 is 0. The molecule has 1 saturated carbocycles. The van der Waals surface area contributed by atoms with Crippen LogP contribution in [0.15, 0.2) is 48.8 Å². The largest absolute Gasteiger partial charge is 0.481 e. The van der Waals surface area contributed by atoms with Crippen molar-refractivity contribution in [1.29, 1.82) is 0 Å². The van der Waals surface area contributed by atoms with E-state index in [-0.39, 0.29) is 29.2 Å². The van der Waals surface area contributed by atoms with Gasteiger partial charge in [-0.05, 0) is 79.8 Å². The van der Waals surface area contributed by atoms with Crippen LogP contribution in [0.25, 0.3) is 10.9 Å². The van der Waals surface area contributed by atoms with E-state index in [1.165, 1.54) is 25.4 Å². The van der Waals surface area contributed by atoms with Crippen molar-refractivity contribution in [3.63, 3.8) is 0 Å². The average molecular weight is 528 g/mol. The molecule has 2 aromatic heterocycles. The molecule has 1 aromatic carbocycles. The monoisotopic (exact) mass is 527 g/mol. The fraction of sp³-hybridized carbons (Fsp3) is 0.483. The number of carbonyl (C=O) groups excluding carboxylic acids is 1. The molecule has 9 heteroatoms. The normalized spacial score (nSPS) is 21.9. The third-order valence-electron chi connectivity index (χ3n) is 8.02. The molecule has 3 heterocycles. The summed E-state index contributed by atoms with van der Waals surface area (Å²) in [6.45, 7) is 3.52.